The standard InChI is InChI=1S/C18H22N8/c1-2-6-14-13(5-1)18(21-12-20-14)19-11-17-23-22-15-7-8-16(24-26(15)17)25-9-3-4-10-25/h7-8,12H,1-6,9-11H2,(H,19,20,21). The Morgan fingerprint density at radius 2 is 1.85 bits per heavy atom. The number of aryl methyl sites for hydroxylation is 1. The van der Waals surface area contributed by atoms with E-state index in [2.05, 4.69) is 30.4 Å². The van der Waals surface area contributed by atoms with Crippen molar-refractivity contribution in [3.63, 3.8) is 0 Å². The lowest BCUT2D eigenvalue weighted by Crippen LogP contribution is -2.20. The van der Waals surface area contributed by atoms with Gasteiger partial charge in [0.2, 0.25) is 0 Å². The summed E-state index contributed by atoms with van der Waals surface area (Å²) in [5.74, 6) is 2.71. The lowest BCUT2D eigenvalue weighted by molar-refractivity contribution is 0.662. The fraction of sp³-hybridized carbons (Fsp3) is 0.500. The highest BCUT2D eigenvalue weighted by Crippen LogP contribution is 2.24. The Hall–Kier alpha value is -2.77. The fourth-order valence-corrected chi connectivity index (χ4v) is 3.89. The van der Waals surface area contributed by atoms with E-state index >= 15 is 0 Å². The summed E-state index contributed by atoms with van der Waals surface area (Å²) in [5.41, 5.74) is 3.20. The van der Waals surface area contributed by atoms with Crippen LogP contribution in [0.4, 0.5) is 11.6 Å². The molecular weight excluding hydrogens is 328 g/mol. The molecule has 4 heterocycles. The minimum absolute atomic E-state index is 0.543. The van der Waals surface area contributed by atoms with Crippen molar-refractivity contribution in [2.24, 2.45) is 0 Å². The Labute approximate surface area is 151 Å². The average Bonchev–Trinajstić information content (AvgIpc) is 3.36. The summed E-state index contributed by atoms with van der Waals surface area (Å²) in [7, 11) is 0. The van der Waals surface area contributed by atoms with Gasteiger partial charge in [-0.3, -0.25) is 0 Å². The molecule has 0 unspecified atom stereocenters. The van der Waals surface area contributed by atoms with E-state index in [0.717, 1.165) is 49.0 Å². The van der Waals surface area contributed by atoms with Crippen LogP contribution in [0.25, 0.3) is 5.65 Å². The summed E-state index contributed by atoms with van der Waals surface area (Å²) in [6.07, 6.45) is 8.60. The molecule has 1 saturated heterocycles. The highest BCUT2D eigenvalue weighted by molar-refractivity contribution is 5.48. The quantitative estimate of drug-likeness (QED) is 0.770. The first-order chi connectivity index (χ1) is 12.9. The van der Waals surface area contributed by atoms with Crippen LogP contribution < -0.4 is 10.2 Å². The molecule has 26 heavy (non-hydrogen) atoms. The fourth-order valence-electron chi connectivity index (χ4n) is 3.89. The molecule has 0 saturated carbocycles. The minimum Gasteiger partial charge on any atom is -0.362 e. The molecule has 0 atom stereocenters. The van der Waals surface area contributed by atoms with E-state index in [1.165, 1.54) is 36.9 Å². The molecule has 0 spiro atoms. The molecule has 5 rings (SSSR count). The highest BCUT2D eigenvalue weighted by atomic mass is 15.4. The van der Waals surface area contributed by atoms with Gasteiger partial charge in [-0.1, -0.05) is 0 Å². The number of hydrogen-bond donors (Lipinski definition) is 1. The summed E-state index contributed by atoms with van der Waals surface area (Å²) in [5, 5.41) is 16.8. The summed E-state index contributed by atoms with van der Waals surface area (Å²) >= 11 is 0. The second kappa shape index (κ2) is 6.51. The Balaban J connectivity index is 1.40. The van der Waals surface area contributed by atoms with Gasteiger partial charge in [-0.25, -0.2) is 9.97 Å². The monoisotopic (exact) mass is 350 g/mol. The third kappa shape index (κ3) is 2.75. The highest BCUT2D eigenvalue weighted by Gasteiger charge is 2.18. The summed E-state index contributed by atoms with van der Waals surface area (Å²) in [6.45, 7) is 2.68. The molecule has 3 aromatic heterocycles. The van der Waals surface area contributed by atoms with Crippen molar-refractivity contribution in [2.75, 3.05) is 23.3 Å². The number of hydrogen-bond acceptors (Lipinski definition) is 7. The van der Waals surface area contributed by atoms with Crippen molar-refractivity contribution in [3.8, 4) is 0 Å². The van der Waals surface area contributed by atoms with E-state index in [4.69, 9.17) is 5.10 Å². The summed E-state index contributed by atoms with van der Waals surface area (Å²) in [4.78, 5) is 11.2. The maximum Gasteiger partial charge on any atom is 0.178 e. The lowest BCUT2D eigenvalue weighted by atomic mass is 9.96. The number of rotatable bonds is 4. The molecule has 134 valence electrons. The number of anilines is 2. The van der Waals surface area contributed by atoms with Gasteiger partial charge in [-0.05, 0) is 50.7 Å². The zero-order valence-corrected chi connectivity index (χ0v) is 14.7. The minimum atomic E-state index is 0.543. The zero-order chi connectivity index (χ0) is 17.3. The van der Waals surface area contributed by atoms with Crippen molar-refractivity contribution in [1.29, 1.82) is 0 Å². The molecule has 1 N–H and O–H groups in total. The molecule has 0 amide bonds. The molecule has 0 bridgehead atoms. The van der Waals surface area contributed by atoms with Crippen molar-refractivity contribution in [1.82, 2.24) is 29.8 Å². The molecule has 0 aromatic carbocycles. The van der Waals surface area contributed by atoms with Gasteiger partial charge in [0.05, 0.1) is 6.54 Å². The second-order valence-electron chi connectivity index (χ2n) is 6.98. The first-order valence-electron chi connectivity index (χ1n) is 9.41. The number of aromatic nitrogens is 6. The molecule has 2 aliphatic rings. The molecular formula is C18H22N8. The predicted octanol–water partition coefficient (Wildman–Crippen LogP) is 2.01. The van der Waals surface area contributed by atoms with Crippen LogP contribution >= 0.6 is 0 Å². The smallest absolute Gasteiger partial charge is 0.178 e. The SMILES string of the molecule is c1nc2c(c(NCc3nnc4ccc(N5CCCC5)nn34)n1)CCCC2. The van der Waals surface area contributed by atoms with Crippen LogP contribution in [0.15, 0.2) is 18.5 Å². The number of nitrogens with zero attached hydrogens (tertiary/aromatic N) is 7. The van der Waals surface area contributed by atoms with Gasteiger partial charge in [0.15, 0.2) is 11.5 Å². The Morgan fingerprint density at radius 1 is 0.962 bits per heavy atom. The van der Waals surface area contributed by atoms with Crippen molar-refractivity contribution in [3.05, 3.63) is 35.5 Å². The van der Waals surface area contributed by atoms with E-state index in [9.17, 15) is 0 Å². The Bertz CT molecular complexity index is 928. The maximum atomic E-state index is 4.76. The van der Waals surface area contributed by atoms with Crippen molar-refractivity contribution in [2.45, 2.75) is 45.1 Å². The van der Waals surface area contributed by atoms with Crippen LogP contribution in [0, 0.1) is 0 Å². The van der Waals surface area contributed by atoms with Gasteiger partial charge in [0.1, 0.15) is 18.0 Å². The molecule has 0 radical (unpaired) electrons. The van der Waals surface area contributed by atoms with Gasteiger partial charge in [0, 0.05) is 24.3 Å². The summed E-state index contributed by atoms with van der Waals surface area (Å²) in [6, 6.07) is 4.02. The van der Waals surface area contributed by atoms with Gasteiger partial charge in [0.25, 0.3) is 0 Å². The molecule has 3 aromatic rings. The van der Waals surface area contributed by atoms with E-state index in [0.29, 0.717) is 6.54 Å². The molecule has 1 fully saturated rings. The molecule has 8 nitrogen and oxygen atoms in total. The van der Waals surface area contributed by atoms with Crippen LogP contribution in [-0.2, 0) is 19.4 Å². The van der Waals surface area contributed by atoms with E-state index < -0.39 is 0 Å². The van der Waals surface area contributed by atoms with E-state index in [1.807, 2.05) is 16.6 Å². The van der Waals surface area contributed by atoms with Crippen molar-refractivity contribution < 1.29 is 0 Å². The first kappa shape index (κ1) is 15.5. The van der Waals surface area contributed by atoms with Crippen LogP contribution in [-0.4, -0.2) is 42.9 Å². The van der Waals surface area contributed by atoms with Gasteiger partial charge in [-0.2, -0.15) is 4.52 Å². The predicted molar refractivity (Wildman–Crippen MR) is 98.2 cm³/mol. The number of fused-ring (bicyclic) bond motifs is 2. The van der Waals surface area contributed by atoms with Gasteiger partial charge >= 0.3 is 0 Å². The lowest BCUT2D eigenvalue weighted by Gasteiger charge is -2.18. The zero-order valence-electron chi connectivity index (χ0n) is 14.7. The van der Waals surface area contributed by atoms with Crippen LogP contribution in [0.1, 0.15) is 42.8 Å². The molecule has 1 aliphatic heterocycles. The molecule has 1 aliphatic carbocycles. The number of nitrogens with one attached hydrogen (secondary N) is 1. The van der Waals surface area contributed by atoms with Crippen LogP contribution in [0.3, 0.4) is 0 Å². The van der Waals surface area contributed by atoms with Crippen molar-refractivity contribution >= 4 is 17.3 Å². The second-order valence-corrected chi connectivity index (χ2v) is 6.98. The van der Waals surface area contributed by atoms with Gasteiger partial charge in [-0.15, -0.1) is 15.3 Å². The molecule has 8 heteroatoms. The third-order valence-electron chi connectivity index (χ3n) is 5.28. The van der Waals surface area contributed by atoms with Crippen LogP contribution in [0.2, 0.25) is 0 Å². The maximum absolute atomic E-state index is 4.76. The Morgan fingerprint density at radius 3 is 2.77 bits per heavy atom. The topological polar surface area (TPSA) is 84.1 Å². The van der Waals surface area contributed by atoms with Crippen LogP contribution in [0.5, 0.6) is 0 Å². The van der Waals surface area contributed by atoms with E-state index in [1.54, 1.807) is 6.33 Å². The average molecular weight is 350 g/mol. The van der Waals surface area contributed by atoms with Gasteiger partial charge < -0.3 is 10.2 Å². The summed E-state index contributed by atoms with van der Waals surface area (Å²) < 4.78 is 1.84. The third-order valence-corrected chi connectivity index (χ3v) is 5.28. The largest absolute Gasteiger partial charge is 0.362 e. The first-order valence-corrected chi connectivity index (χ1v) is 9.41. The normalized spacial score (nSPS) is 16.8. The van der Waals surface area contributed by atoms with E-state index in [-0.39, 0.29) is 0 Å². The Kier molecular flexibility index (Phi) is 3.88.